The second-order valence-corrected chi connectivity index (χ2v) is 9.71. The standard InChI is InChI=1S/C28H26ClF3N2O2/c1-27(26(36)33(2)18-19-10-12-22(29)13-11-19)14-15-34(27)25(35)17-20-6-5-7-21(16-20)23-8-3-4-9-24(23)28(30,31)32/h3-13,16H,14-15,17-18H2,1-2H3. The zero-order chi connectivity index (χ0) is 26.1. The molecule has 0 aromatic heterocycles. The van der Waals surface area contributed by atoms with Crippen molar-refractivity contribution in [3.63, 3.8) is 0 Å². The molecule has 1 unspecified atom stereocenters. The Morgan fingerprint density at radius 2 is 1.69 bits per heavy atom. The topological polar surface area (TPSA) is 40.6 Å². The van der Waals surface area contributed by atoms with Gasteiger partial charge in [-0.2, -0.15) is 13.2 Å². The molecule has 3 aromatic rings. The average Bonchev–Trinajstić information content (AvgIpc) is 2.83. The normalized spacial score (nSPS) is 17.4. The van der Waals surface area contributed by atoms with Crippen LogP contribution in [0.5, 0.6) is 0 Å². The maximum absolute atomic E-state index is 13.5. The first-order valence-electron chi connectivity index (χ1n) is 11.5. The molecule has 2 amide bonds. The van der Waals surface area contributed by atoms with E-state index < -0.39 is 17.3 Å². The molecule has 4 nitrogen and oxygen atoms in total. The largest absolute Gasteiger partial charge is 0.417 e. The Bertz CT molecular complexity index is 1280. The molecule has 1 saturated heterocycles. The maximum atomic E-state index is 13.5. The number of likely N-dealkylation sites (tertiary alicyclic amines) is 1. The minimum absolute atomic E-state index is 0.00814. The van der Waals surface area contributed by atoms with Gasteiger partial charge in [-0.1, -0.05) is 66.2 Å². The Morgan fingerprint density at radius 1 is 1.00 bits per heavy atom. The van der Waals surface area contributed by atoms with E-state index in [1.165, 1.54) is 12.1 Å². The van der Waals surface area contributed by atoms with Gasteiger partial charge in [-0.25, -0.2) is 0 Å². The summed E-state index contributed by atoms with van der Waals surface area (Å²) in [5.41, 5.74) is 0.278. The number of amides is 2. The molecular weight excluding hydrogens is 489 g/mol. The van der Waals surface area contributed by atoms with Gasteiger partial charge in [-0.3, -0.25) is 9.59 Å². The minimum Gasteiger partial charge on any atom is -0.339 e. The first kappa shape index (κ1) is 25.8. The maximum Gasteiger partial charge on any atom is 0.417 e. The van der Waals surface area contributed by atoms with Crippen molar-refractivity contribution in [1.29, 1.82) is 0 Å². The molecule has 0 bridgehead atoms. The van der Waals surface area contributed by atoms with E-state index >= 15 is 0 Å². The number of benzene rings is 3. The van der Waals surface area contributed by atoms with Crippen molar-refractivity contribution in [1.82, 2.24) is 9.80 Å². The molecule has 8 heteroatoms. The second kappa shape index (κ2) is 9.97. The molecule has 0 saturated carbocycles. The summed E-state index contributed by atoms with van der Waals surface area (Å²) in [6, 6.07) is 19.2. The van der Waals surface area contributed by atoms with Crippen molar-refractivity contribution in [2.24, 2.45) is 0 Å². The molecule has 3 aromatic carbocycles. The summed E-state index contributed by atoms with van der Waals surface area (Å²) in [5, 5.41) is 0.612. The van der Waals surface area contributed by atoms with Gasteiger partial charge in [0, 0.05) is 25.2 Å². The SMILES string of the molecule is CN(Cc1ccc(Cl)cc1)C(=O)C1(C)CCN1C(=O)Cc1cccc(-c2ccccc2C(F)(F)F)c1. The monoisotopic (exact) mass is 514 g/mol. The summed E-state index contributed by atoms with van der Waals surface area (Å²) in [4.78, 5) is 29.6. The van der Waals surface area contributed by atoms with Gasteiger partial charge < -0.3 is 9.80 Å². The lowest BCUT2D eigenvalue weighted by atomic mass is 9.84. The lowest BCUT2D eigenvalue weighted by Crippen LogP contribution is -2.67. The van der Waals surface area contributed by atoms with Crippen LogP contribution in [0.25, 0.3) is 11.1 Å². The molecule has 1 fully saturated rings. The molecule has 0 aliphatic carbocycles. The zero-order valence-electron chi connectivity index (χ0n) is 20.0. The van der Waals surface area contributed by atoms with Crippen molar-refractivity contribution >= 4 is 23.4 Å². The van der Waals surface area contributed by atoms with Crippen molar-refractivity contribution in [2.45, 2.75) is 38.0 Å². The lowest BCUT2D eigenvalue weighted by molar-refractivity contribution is -0.163. The molecule has 0 N–H and O–H groups in total. The van der Waals surface area contributed by atoms with E-state index in [2.05, 4.69) is 0 Å². The van der Waals surface area contributed by atoms with E-state index in [0.29, 0.717) is 35.7 Å². The Kier molecular flexibility index (Phi) is 7.14. The molecule has 36 heavy (non-hydrogen) atoms. The van der Waals surface area contributed by atoms with Crippen LogP contribution < -0.4 is 0 Å². The van der Waals surface area contributed by atoms with Gasteiger partial charge in [-0.15, -0.1) is 0 Å². The quantitative estimate of drug-likeness (QED) is 0.392. The smallest absolute Gasteiger partial charge is 0.339 e. The number of carbonyl (C=O) groups is 2. The highest BCUT2D eigenvalue weighted by Crippen LogP contribution is 2.37. The van der Waals surface area contributed by atoms with Crippen molar-refractivity contribution in [3.8, 4) is 11.1 Å². The summed E-state index contributed by atoms with van der Waals surface area (Å²) in [5.74, 6) is -0.400. The van der Waals surface area contributed by atoms with Gasteiger partial charge in [-0.05, 0) is 53.8 Å². The number of halogens is 4. The molecular formula is C28H26ClF3N2O2. The third kappa shape index (κ3) is 5.26. The summed E-state index contributed by atoms with van der Waals surface area (Å²) in [6.45, 7) is 2.59. The zero-order valence-corrected chi connectivity index (χ0v) is 20.7. The predicted molar refractivity (Wildman–Crippen MR) is 133 cm³/mol. The number of hydrogen-bond donors (Lipinski definition) is 0. The van der Waals surface area contributed by atoms with E-state index in [0.717, 1.165) is 11.6 Å². The number of carbonyl (C=O) groups excluding carboxylic acids is 2. The molecule has 1 heterocycles. The molecule has 188 valence electrons. The molecule has 4 rings (SSSR count). The highest BCUT2D eigenvalue weighted by Gasteiger charge is 2.50. The first-order chi connectivity index (χ1) is 17.0. The van der Waals surface area contributed by atoms with E-state index in [-0.39, 0.29) is 23.8 Å². The lowest BCUT2D eigenvalue weighted by Gasteiger charge is -2.50. The van der Waals surface area contributed by atoms with Gasteiger partial charge in [0.2, 0.25) is 11.8 Å². The first-order valence-corrected chi connectivity index (χ1v) is 11.9. The summed E-state index contributed by atoms with van der Waals surface area (Å²) in [6.07, 6.45) is -3.95. The van der Waals surface area contributed by atoms with Crippen LogP contribution in [-0.4, -0.2) is 40.7 Å². The fourth-order valence-corrected chi connectivity index (χ4v) is 4.75. The minimum atomic E-state index is -4.49. The highest BCUT2D eigenvalue weighted by molar-refractivity contribution is 6.30. The summed E-state index contributed by atoms with van der Waals surface area (Å²) in [7, 11) is 1.70. The van der Waals surface area contributed by atoms with Crippen LogP contribution in [0.3, 0.4) is 0 Å². The highest BCUT2D eigenvalue weighted by atomic mass is 35.5. The summed E-state index contributed by atoms with van der Waals surface area (Å²) < 4.78 is 40.4. The molecule has 1 aliphatic heterocycles. The number of hydrogen-bond acceptors (Lipinski definition) is 2. The van der Waals surface area contributed by atoms with E-state index in [9.17, 15) is 22.8 Å². The predicted octanol–water partition coefficient (Wildman–Crippen LogP) is 6.22. The molecule has 0 radical (unpaired) electrons. The van der Waals surface area contributed by atoms with Crippen LogP contribution >= 0.6 is 11.6 Å². The van der Waals surface area contributed by atoms with Crippen LogP contribution in [-0.2, 0) is 28.7 Å². The fourth-order valence-electron chi connectivity index (χ4n) is 4.63. The third-order valence-electron chi connectivity index (χ3n) is 6.69. The molecule has 0 spiro atoms. The van der Waals surface area contributed by atoms with Crippen LogP contribution in [0.15, 0.2) is 72.8 Å². The Hall–Kier alpha value is -3.32. The summed E-state index contributed by atoms with van der Waals surface area (Å²) >= 11 is 5.93. The molecule has 1 aliphatic rings. The molecule has 1 atom stereocenters. The second-order valence-electron chi connectivity index (χ2n) is 9.28. The number of likely N-dealkylation sites (N-methyl/N-ethyl adjacent to an activating group) is 1. The van der Waals surface area contributed by atoms with Gasteiger partial charge in [0.15, 0.2) is 0 Å². The van der Waals surface area contributed by atoms with Crippen LogP contribution in [0.2, 0.25) is 5.02 Å². The van der Waals surface area contributed by atoms with Crippen LogP contribution in [0, 0.1) is 0 Å². The number of rotatable bonds is 6. The van der Waals surface area contributed by atoms with Crippen molar-refractivity contribution in [3.05, 3.63) is 94.5 Å². The number of alkyl halides is 3. The van der Waals surface area contributed by atoms with Crippen molar-refractivity contribution < 1.29 is 22.8 Å². The van der Waals surface area contributed by atoms with Crippen LogP contribution in [0.1, 0.15) is 30.0 Å². The van der Waals surface area contributed by atoms with Gasteiger partial charge in [0.1, 0.15) is 5.54 Å². The third-order valence-corrected chi connectivity index (χ3v) is 6.94. The van der Waals surface area contributed by atoms with E-state index in [1.54, 1.807) is 66.2 Å². The van der Waals surface area contributed by atoms with Gasteiger partial charge in [0.25, 0.3) is 0 Å². The van der Waals surface area contributed by atoms with Gasteiger partial charge in [0.05, 0.1) is 12.0 Å². The van der Waals surface area contributed by atoms with E-state index in [1.807, 2.05) is 12.1 Å². The number of nitrogens with zero attached hydrogens (tertiary/aromatic N) is 2. The Labute approximate surface area is 213 Å². The van der Waals surface area contributed by atoms with E-state index in [4.69, 9.17) is 11.6 Å². The van der Waals surface area contributed by atoms with Gasteiger partial charge >= 0.3 is 6.18 Å². The van der Waals surface area contributed by atoms with Crippen molar-refractivity contribution in [2.75, 3.05) is 13.6 Å². The Morgan fingerprint density at radius 3 is 2.33 bits per heavy atom. The average molecular weight is 515 g/mol. The fraction of sp³-hybridized carbons (Fsp3) is 0.286. The van der Waals surface area contributed by atoms with Crippen LogP contribution in [0.4, 0.5) is 13.2 Å². The Balaban J connectivity index is 1.47.